The molecule has 0 N–H and O–H groups in total. The van der Waals surface area contributed by atoms with Crippen molar-refractivity contribution in [2.75, 3.05) is 13.1 Å². The van der Waals surface area contributed by atoms with E-state index in [0.717, 1.165) is 16.6 Å². The molecule has 0 aliphatic carbocycles. The van der Waals surface area contributed by atoms with Crippen LogP contribution in [0.3, 0.4) is 0 Å². The van der Waals surface area contributed by atoms with Crippen molar-refractivity contribution in [3.8, 4) is 0 Å². The van der Waals surface area contributed by atoms with Gasteiger partial charge >= 0.3 is 0 Å². The molecule has 0 amide bonds. The lowest BCUT2D eigenvalue weighted by atomic mass is 10.0. The molecular weight excluding hydrogens is 334 g/mol. The highest BCUT2D eigenvalue weighted by molar-refractivity contribution is 7.89. The minimum absolute atomic E-state index is 0.348. The number of nitrogens with zero attached hydrogens (tertiary/aromatic N) is 3. The first-order valence-corrected chi connectivity index (χ1v) is 9.66. The van der Waals surface area contributed by atoms with E-state index in [1.165, 1.54) is 9.88 Å². The molecule has 0 spiro atoms. The zero-order valence-corrected chi connectivity index (χ0v) is 14.8. The van der Waals surface area contributed by atoms with Crippen LogP contribution in [0.25, 0.3) is 16.6 Å². The summed E-state index contributed by atoms with van der Waals surface area (Å²) in [7, 11) is -1.45. The molecule has 2 aromatic heterocycles. The van der Waals surface area contributed by atoms with Crippen molar-refractivity contribution in [2.24, 2.45) is 7.05 Å². The molecule has 0 saturated heterocycles. The van der Waals surface area contributed by atoms with Crippen molar-refractivity contribution in [2.45, 2.75) is 11.3 Å². The first kappa shape index (κ1) is 16.1. The van der Waals surface area contributed by atoms with Gasteiger partial charge in [0.1, 0.15) is 5.65 Å². The maximum Gasteiger partial charge on any atom is 0.243 e. The lowest BCUT2D eigenvalue weighted by molar-refractivity contribution is 0.441. The van der Waals surface area contributed by atoms with Gasteiger partial charge in [-0.2, -0.15) is 4.31 Å². The summed E-state index contributed by atoms with van der Waals surface area (Å²) in [5.41, 5.74) is 3.26. The fourth-order valence-electron chi connectivity index (χ4n) is 3.32. The SMILES string of the molecule is Cn1cc(C2=CCN(S(=O)(=O)c3ccccc3)CC2)c2cccnc21. The molecule has 1 aliphatic heterocycles. The van der Waals surface area contributed by atoms with E-state index in [4.69, 9.17) is 0 Å². The third kappa shape index (κ3) is 2.77. The van der Waals surface area contributed by atoms with Gasteiger partial charge in [-0.25, -0.2) is 13.4 Å². The molecule has 1 aliphatic rings. The average molecular weight is 353 g/mol. The monoisotopic (exact) mass is 353 g/mol. The van der Waals surface area contributed by atoms with Crippen molar-refractivity contribution < 1.29 is 8.42 Å². The summed E-state index contributed by atoms with van der Waals surface area (Å²) in [6.45, 7) is 0.878. The number of pyridine rings is 1. The molecule has 1 aromatic carbocycles. The van der Waals surface area contributed by atoms with Crippen LogP contribution in [0, 0.1) is 0 Å². The van der Waals surface area contributed by atoms with Crippen LogP contribution in [-0.2, 0) is 17.1 Å². The lowest BCUT2D eigenvalue weighted by Gasteiger charge is -2.25. The number of sulfonamides is 1. The van der Waals surface area contributed by atoms with Gasteiger partial charge in [0.25, 0.3) is 0 Å². The molecule has 3 aromatic rings. The highest BCUT2D eigenvalue weighted by atomic mass is 32.2. The quantitative estimate of drug-likeness (QED) is 0.727. The molecule has 0 bridgehead atoms. The minimum Gasteiger partial charge on any atom is -0.335 e. The second kappa shape index (κ2) is 6.13. The predicted octanol–water partition coefficient (Wildman–Crippen LogP) is 3.05. The van der Waals surface area contributed by atoms with Gasteiger partial charge < -0.3 is 4.57 Å². The zero-order valence-electron chi connectivity index (χ0n) is 14.0. The molecule has 6 heteroatoms. The summed E-state index contributed by atoms with van der Waals surface area (Å²) in [5.74, 6) is 0. The molecule has 128 valence electrons. The van der Waals surface area contributed by atoms with E-state index >= 15 is 0 Å². The largest absolute Gasteiger partial charge is 0.335 e. The minimum atomic E-state index is -3.43. The van der Waals surface area contributed by atoms with E-state index in [2.05, 4.69) is 17.2 Å². The summed E-state index contributed by atoms with van der Waals surface area (Å²) in [5, 5.41) is 1.11. The molecular formula is C19H19N3O2S. The maximum atomic E-state index is 12.7. The van der Waals surface area contributed by atoms with Crippen LogP contribution in [0.2, 0.25) is 0 Å². The maximum absolute atomic E-state index is 12.7. The van der Waals surface area contributed by atoms with Crippen LogP contribution >= 0.6 is 0 Å². The number of aryl methyl sites for hydroxylation is 1. The standard InChI is InChI=1S/C19H19N3O2S/c1-21-14-18(17-8-5-11-20-19(17)21)15-9-12-22(13-10-15)25(23,24)16-6-3-2-4-7-16/h2-9,11,14H,10,12-13H2,1H3. The summed E-state index contributed by atoms with van der Waals surface area (Å²) in [6, 6.07) is 12.6. The Morgan fingerprint density at radius 1 is 1.08 bits per heavy atom. The Bertz CT molecular complexity index is 1050. The second-order valence-corrected chi connectivity index (χ2v) is 8.12. The Kier molecular flexibility index (Phi) is 3.94. The topological polar surface area (TPSA) is 55.2 Å². The van der Waals surface area contributed by atoms with Crippen LogP contribution in [0.1, 0.15) is 12.0 Å². The molecule has 0 saturated carbocycles. The Morgan fingerprint density at radius 3 is 2.60 bits per heavy atom. The lowest BCUT2D eigenvalue weighted by Crippen LogP contribution is -2.34. The molecule has 3 heterocycles. The Balaban J connectivity index is 1.64. The summed E-state index contributed by atoms with van der Waals surface area (Å²) < 4.78 is 29.0. The number of hydrogen-bond acceptors (Lipinski definition) is 3. The molecule has 0 atom stereocenters. The third-order valence-corrected chi connectivity index (χ3v) is 6.51. The zero-order chi connectivity index (χ0) is 17.4. The fourth-order valence-corrected chi connectivity index (χ4v) is 4.73. The van der Waals surface area contributed by atoms with Crippen molar-refractivity contribution >= 4 is 26.6 Å². The van der Waals surface area contributed by atoms with Gasteiger partial charge in [0.15, 0.2) is 0 Å². The Hall–Kier alpha value is -2.44. The Morgan fingerprint density at radius 2 is 1.88 bits per heavy atom. The number of fused-ring (bicyclic) bond motifs is 1. The summed E-state index contributed by atoms with van der Waals surface area (Å²) >= 11 is 0. The summed E-state index contributed by atoms with van der Waals surface area (Å²) in [4.78, 5) is 4.77. The van der Waals surface area contributed by atoms with Crippen LogP contribution in [0.5, 0.6) is 0 Å². The molecule has 0 radical (unpaired) electrons. The highest BCUT2D eigenvalue weighted by Crippen LogP contribution is 2.31. The third-order valence-electron chi connectivity index (χ3n) is 4.63. The number of aromatic nitrogens is 2. The van der Waals surface area contributed by atoms with Gasteiger partial charge in [-0.3, -0.25) is 0 Å². The van der Waals surface area contributed by atoms with E-state index in [-0.39, 0.29) is 0 Å². The first-order chi connectivity index (χ1) is 12.1. The van der Waals surface area contributed by atoms with Crippen LogP contribution in [0.15, 0.2) is 65.8 Å². The summed E-state index contributed by atoms with van der Waals surface area (Å²) in [6.07, 6.45) is 6.58. The van der Waals surface area contributed by atoms with Gasteiger partial charge in [0, 0.05) is 43.5 Å². The predicted molar refractivity (Wildman–Crippen MR) is 98.5 cm³/mol. The van der Waals surface area contributed by atoms with E-state index < -0.39 is 10.0 Å². The molecule has 0 unspecified atom stereocenters. The molecule has 0 fully saturated rings. The first-order valence-electron chi connectivity index (χ1n) is 8.22. The van der Waals surface area contributed by atoms with Crippen LogP contribution in [0.4, 0.5) is 0 Å². The normalized spacial score (nSPS) is 16.1. The number of hydrogen-bond donors (Lipinski definition) is 0. The average Bonchev–Trinajstić information content (AvgIpc) is 3.00. The highest BCUT2D eigenvalue weighted by Gasteiger charge is 2.26. The van der Waals surface area contributed by atoms with E-state index in [9.17, 15) is 8.42 Å². The van der Waals surface area contributed by atoms with Gasteiger partial charge in [0.05, 0.1) is 4.90 Å². The van der Waals surface area contributed by atoms with Gasteiger partial charge in [-0.05, 0) is 36.3 Å². The molecule has 5 nitrogen and oxygen atoms in total. The van der Waals surface area contributed by atoms with E-state index in [1.54, 1.807) is 30.5 Å². The van der Waals surface area contributed by atoms with Gasteiger partial charge in [0.2, 0.25) is 10.0 Å². The second-order valence-electron chi connectivity index (χ2n) is 6.18. The molecule has 4 rings (SSSR count). The van der Waals surface area contributed by atoms with Crippen molar-refractivity contribution in [1.29, 1.82) is 0 Å². The number of benzene rings is 1. The van der Waals surface area contributed by atoms with Gasteiger partial charge in [-0.15, -0.1) is 0 Å². The van der Waals surface area contributed by atoms with Gasteiger partial charge in [-0.1, -0.05) is 24.3 Å². The fraction of sp³-hybridized carbons (Fsp3) is 0.211. The van der Waals surface area contributed by atoms with E-state index in [0.29, 0.717) is 24.4 Å². The van der Waals surface area contributed by atoms with E-state index in [1.807, 2.05) is 29.8 Å². The van der Waals surface area contributed by atoms with Crippen molar-refractivity contribution in [1.82, 2.24) is 13.9 Å². The molecule has 25 heavy (non-hydrogen) atoms. The number of rotatable bonds is 3. The smallest absolute Gasteiger partial charge is 0.243 e. The van der Waals surface area contributed by atoms with Crippen molar-refractivity contribution in [3.05, 3.63) is 66.5 Å². The van der Waals surface area contributed by atoms with Crippen LogP contribution in [-0.4, -0.2) is 35.4 Å². The Labute approximate surface area is 147 Å². The van der Waals surface area contributed by atoms with Crippen LogP contribution < -0.4 is 0 Å². The van der Waals surface area contributed by atoms with Crippen molar-refractivity contribution in [3.63, 3.8) is 0 Å².